The molecule has 1 unspecified atom stereocenters. The molecule has 2 N–H and O–H groups in total. The van der Waals surface area contributed by atoms with Crippen molar-refractivity contribution in [3.05, 3.63) is 65.2 Å². The number of aryl methyl sites for hydroxylation is 1. The van der Waals surface area contributed by atoms with Gasteiger partial charge in [-0.25, -0.2) is 0 Å². The van der Waals surface area contributed by atoms with E-state index in [1.807, 2.05) is 18.2 Å². The molecule has 2 heteroatoms. The van der Waals surface area contributed by atoms with Crippen LogP contribution in [-0.4, -0.2) is 13.7 Å². The van der Waals surface area contributed by atoms with E-state index in [-0.39, 0.29) is 5.41 Å². The van der Waals surface area contributed by atoms with Crippen molar-refractivity contribution in [2.45, 2.75) is 25.7 Å². The van der Waals surface area contributed by atoms with E-state index in [1.165, 1.54) is 16.7 Å². The van der Waals surface area contributed by atoms with Crippen LogP contribution in [0.1, 0.15) is 23.6 Å². The molecule has 2 rings (SSSR count). The summed E-state index contributed by atoms with van der Waals surface area (Å²) in [4.78, 5) is 0. The Morgan fingerprint density at radius 2 is 1.85 bits per heavy atom. The third-order valence-corrected chi connectivity index (χ3v) is 3.88. The van der Waals surface area contributed by atoms with Crippen LogP contribution >= 0.6 is 0 Å². The van der Waals surface area contributed by atoms with Gasteiger partial charge in [0, 0.05) is 17.5 Å². The van der Waals surface area contributed by atoms with Gasteiger partial charge < -0.3 is 10.5 Å². The molecule has 0 aromatic heterocycles. The van der Waals surface area contributed by atoms with Crippen LogP contribution in [0.5, 0.6) is 5.75 Å². The molecule has 1 atom stereocenters. The predicted octanol–water partition coefficient (Wildman–Crippen LogP) is 3.46. The summed E-state index contributed by atoms with van der Waals surface area (Å²) in [6, 6.07) is 16.8. The normalized spacial score (nSPS) is 13.8. The topological polar surface area (TPSA) is 35.2 Å². The number of hydrogen-bond acceptors (Lipinski definition) is 2. The third kappa shape index (κ3) is 3.02. The molecule has 0 bridgehead atoms. The first-order valence-electron chi connectivity index (χ1n) is 6.98. The second kappa shape index (κ2) is 6.10. The highest BCUT2D eigenvalue weighted by molar-refractivity contribution is 5.41. The van der Waals surface area contributed by atoms with Gasteiger partial charge in [-0.05, 0) is 25.0 Å². The summed E-state index contributed by atoms with van der Waals surface area (Å²) in [5.74, 6) is 0.910. The molecule has 106 valence electrons. The molecule has 20 heavy (non-hydrogen) atoms. The average Bonchev–Trinajstić information content (AvgIpc) is 2.47. The highest BCUT2D eigenvalue weighted by atomic mass is 16.5. The van der Waals surface area contributed by atoms with Gasteiger partial charge in [-0.3, -0.25) is 0 Å². The molecule has 0 fully saturated rings. The van der Waals surface area contributed by atoms with E-state index in [0.29, 0.717) is 6.54 Å². The minimum Gasteiger partial charge on any atom is -0.496 e. The van der Waals surface area contributed by atoms with Crippen molar-refractivity contribution in [1.29, 1.82) is 0 Å². The van der Waals surface area contributed by atoms with E-state index in [9.17, 15) is 0 Å². The smallest absolute Gasteiger partial charge is 0.122 e. The second-order valence-electron chi connectivity index (χ2n) is 5.63. The number of methoxy groups -OCH3 is 1. The summed E-state index contributed by atoms with van der Waals surface area (Å²) in [6.07, 6.45) is 0.908. The average molecular weight is 269 g/mol. The zero-order chi connectivity index (χ0) is 14.6. The minimum absolute atomic E-state index is 0.125. The molecular weight excluding hydrogens is 246 g/mol. The standard InChI is InChI=1S/C18H23NO/c1-14-7-6-8-15(11-14)12-18(2,13-19)16-9-4-5-10-17(16)20-3/h4-11H,12-13,19H2,1-3H3. The Morgan fingerprint density at radius 3 is 2.50 bits per heavy atom. The molecule has 0 saturated heterocycles. The Hall–Kier alpha value is -1.80. The molecule has 0 heterocycles. The molecule has 0 aliphatic rings. The lowest BCUT2D eigenvalue weighted by Gasteiger charge is -2.30. The Labute approximate surface area is 121 Å². The Kier molecular flexibility index (Phi) is 4.46. The molecular formula is C18H23NO. The van der Waals surface area contributed by atoms with E-state index >= 15 is 0 Å². The van der Waals surface area contributed by atoms with Gasteiger partial charge in [-0.1, -0.05) is 55.0 Å². The number of ether oxygens (including phenoxy) is 1. The largest absolute Gasteiger partial charge is 0.496 e. The first-order chi connectivity index (χ1) is 9.59. The van der Waals surface area contributed by atoms with Crippen LogP contribution in [0.25, 0.3) is 0 Å². The van der Waals surface area contributed by atoms with Crippen molar-refractivity contribution in [2.75, 3.05) is 13.7 Å². The molecule has 0 spiro atoms. The lowest BCUT2D eigenvalue weighted by atomic mass is 9.76. The second-order valence-corrected chi connectivity index (χ2v) is 5.63. The lowest BCUT2D eigenvalue weighted by Crippen LogP contribution is -2.34. The maximum Gasteiger partial charge on any atom is 0.122 e. The molecule has 0 radical (unpaired) electrons. The molecule has 0 amide bonds. The number of hydrogen-bond donors (Lipinski definition) is 1. The quantitative estimate of drug-likeness (QED) is 0.902. The number of rotatable bonds is 5. The minimum atomic E-state index is -0.125. The summed E-state index contributed by atoms with van der Waals surface area (Å²) in [5.41, 5.74) is 9.73. The van der Waals surface area contributed by atoms with E-state index < -0.39 is 0 Å². The first-order valence-corrected chi connectivity index (χ1v) is 6.98. The van der Waals surface area contributed by atoms with E-state index in [4.69, 9.17) is 10.5 Å². The zero-order valence-electron chi connectivity index (χ0n) is 12.5. The summed E-state index contributed by atoms with van der Waals surface area (Å²) in [6.45, 7) is 4.90. The monoisotopic (exact) mass is 269 g/mol. The fourth-order valence-corrected chi connectivity index (χ4v) is 2.69. The fourth-order valence-electron chi connectivity index (χ4n) is 2.69. The van der Waals surface area contributed by atoms with E-state index in [2.05, 4.69) is 44.2 Å². The lowest BCUT2D eigenvalue weighted by molar-refractivity contribution is 0.385. The van der Waals surface area contributed by atoms with Gasteiger partial charge in [0.2, 0.25) is 0 Å². The van der Waals surface area contributed by atoms with Crippen LogP contribution in [0.15, 0.2) is 48.5 Å². The number of nitrogens with two attached hydrogens (primary N) is 1. The molecule has 2 aromatic carbocycles. The molecule has 2 aromatic rings. The van der Waals surface area contributed by atoms with Crippen molar-refractivity contribution in [1.82, 2.24) is 0 Å². The highest BCUT2D eigenvalue weighted by Gasteiger charge is 2.28. The number of benzene rings is 2. The highest BCUT2D eigenvalue weighted by Crippen LogP contribution is 2.34. The van der Waals surface area contributed by atoms with E-state index in [0.717, 1.165) is 12.2 Å². The van der Waals surface area contributed by atoms with Crippen molar-refractivity contribution < 1.29 is 4.74 Å². The summed E-state index contributed by atoms with van der Waals surface area (Å²) < 4.78 is 5.50. The van der Waals surface area contributed by atoms with Gasteiger partial charge in [0.05, 0.1) is 7.11 Å². The van der Waals surface area contributed by atoms with Crippen molar-refractivity contribution in [2.24, 2.45) is 5.73 Å². The fraction of sp³-hybridized carbons (Fsp3) is 0.333. The van der Waals surface area contributed by atoms with Crippen LogP contribution in [-0.2, 0) is 11.8 Å². The third-order valence-electron chi connectivity index (χ3n) is 3.88. The van der Waals surface area contributed by atoms with Gasteiger partial charge in [0.15, 0.2) is 0 Å². The van der Waals surface area contributed by atoms with Crippen molar-refractivity contribution >= 4 is 0 Å². The van der Waals surface area contributed by atoms with Crippen LogP contribution in [0.3, 0.4) is 0 Å². The van der Waals surface area contributed by atoms with Crippen LogP contribution in [0.2, 0.25) is 0 Å². The summed E-state index contributed by atoms with van der Waals surface area (Å²) in [5, 5.41) is 0. The maximum absolute atomic E-state index is 6.09. The summed E-state index contributed by atoms with van der Waals surface area (Å²) >= 11 is 0. The van der Waals surface area contributed by atoms with Crippen molar-refractivity contribution in [3.63, 3.8) is 0 Å². The molecule has 0 aliphatic heterocycles. The Morgan fingerprint density at radius 1 is 1.10 bits per heavy atom. The van der Waals surface area contributed by atoms with Gasteiger partial charge in [-0.2, -0.15) is 0 Å². The van der Waals surface area contributed by atoms with Crippen molar-refractivity contribution in [3.8, 4) is 5.75 Å². The van der Waals surface area contributed by atoms with Gasteiger partial charge in [0.25, 0.3) is 0 Å². The van der Waals surface area contributed by atoms with Gasteiger partial charge >= 0.3 is 0 Å². The van der Waals surface area contributed by atoms with Gasteiger partial charge in [-0.15, -0.1) is 0 Å². The maximum atomic E-state index is 6.09. The predicted molar refractivity (Wildman–Crippen MR) is 84.3 cm³/mol. The van der Waals surface area contributed by atoms with E-state index in [1.54, 1.807) is 7.11 Å². The molecule has 0 saturated carbocycles. The van der Waals surface area contributed by atoms with Crippen LogP contribution < -0.4 is 10.5 Å². The van der Waals surface area contributed by atoms with Crippen LogP contribution in [0.4, 0.5) is 0 Å². The molecule has 0 aliphatic carbocycles. The number of para-hydroxylation sites is 1. The molecule has 2 nitrogen and oxygen atoms in total. The van der Waals surface area contributed by atoms with Crippen LogP contribution in [0, 0.1) is 6.92 Å². The SMILES string of the molecule is COc1ccccc1C(C)(CN)Cc1cccc(C)c1. The Balaban J connectivity index is 2.38. The first kappa shape index (κ1) is 14.6. The Bertz CT molecular complexity index is 579. The summed E-state index contributed by atoms with van der Waals surface area (Å²) in [7, 11) is 1.71. The zero-order valence-corrected chi connectivity index (χ0v) is 12.5. The van der Waals surface area contributed by atoms with Gasteiger partial charge in [0.1, 0.15) is 5.75 Å².